The number of anilines is 1. The molecule has 1 fully saturated rings. The number of hydrogen-bond acceptors (Lipinski definition) is 4. The van der Waals surface area contributed by atoms with E-state index < -0.39 is 29.0 Å². The van der Waals surface area contributed by atoms with Crippen LogP contribution in [0.15, 0.2) is 54.9 Å². The maximum Gasteiger partial charge on any atom is 0.416 e. The molecule has 2 heterocycles. The summed E-state index contributed by atoms with van der Waals surface area (Å²) in [5.41, 5.74) is 6.55. The van der Waals surface area contributed by atoms with E-state index in [4.69, 9.17) is 5.73 Å². The molecular formula is C26H26F4N4O. The van der Waals surface area contributed by atoms with Crippen LogP contribution in [0.25, 0.3) is 0 Å². The van der Waals surface area contributed by atoms with Gasteiger partial charge in [-0.3, -0.25) is 4.79 Å². The summed E-state index contributed by atoms with van der Waals surface area (Å²) in [6.07, 6.45) is -0.609. The summed E-state index contributed by atoms with van der Waals surface area (Å²) in [6.45, 7) is 2.43. The Morgan fingerprint density at radius 2 is 1.69 bits per heavy atom. The minimum absolute atomic E-state index is 0.159. The number of alkyl halides is 3. The molecule has 1 amide bonds. The molecule has 5 nitrogen and oxygen atoms in total. The second-order valence-electron chi connectivity index (χ2n) is 9.02. The molecule has 1 aliphatic heterocycles. The van der Waals surface area contributed by atoms with Crippen molar-refractivity contribution in [2.75, 3.05) is 11.4 Å². The van der Waals surface area contributed by atoms with Crippen LogP contribution in [-0.2, 0) is 35.8 Å². The zero-order valence-electron chi connectivity index (χ0n) is 19.3. The Morgan fingerprint density at radius 3 is 2.31 bits per heavy atom. The van der Waals surface area contributed by atoms with E-state index in [1.807, 2.05) is 36.1 Å². The Kier molecular flexibility index (Phi) is 6.78. The summed E-state index contributed by atoms with van der Waals surface area (Å²) in [5.74, 6) is -0.761. The molecule has 2 N–H and O–H groups in total. The number of rotatable bonds is 7. The van der Waals surface area contributed by atoms with Gasteiger partial charge in [-0.05, 0) is 61.4 Å². The molecular weight excluding hydrogens is 460 g/mol. The van der Waals surface area contributed by atoms with E-state index in [1.54, 1.807) is 0 Å². The molecule has 1 unspecified atom stereocenters. The maximum absolute atomic E-state index is 15.5. The van der Waals surface area contributed by atoms with Gasteiger partial charge in [0.15, 0.2) is 11.6 Å². The smallest absolute Gasteiger partial charge is 0.369 e. The molecule has 0 spiro atoms. The number of carbonyl (C=O) groups excluding carboxylic acids is 1. The number of halogens is 4. The summed E-state index contributed by atoms with van der Waals surface area (Å²) < 4.78 is 54.5. The van der Waals surface area contributed by atoms with Gasteiger partial charge in [-0.1, -0.05) is 36.4 Å². The van der Waals surface area contributed by atoms with Gasteiger partial charge in [0.05, 0.1) is 23.2 Å². The Bertz CT molecular complexity index is 1200. The SMILES string of the molecule is CC1(c2ccc(C(F)(F)F)cc2)CCCN1c1ncnc(CCc2ccc(CC(N)=O)cc2)c1F. The zero-order valence-corrected chi connectivity index (χ0v) is 19.3. The van der Waals surface area contributed by atoms with Gasteiger partial charge >= 0.3 is 6.18 Å². The van der Waals surface area contributed by atoms with Crippen molar-refractivity contribution in [3.63, 3.8) is 0 Å². The number of aryl methyl sites for hydroxylation is 2. The van der Waals surface area contributed by atoms with Crippen LogP contribution in [0.1, 0.15) is 47.7 Å². The molecule has 0 aliphatic carbocycles. The van der Waals surface area contributed by atoms with Gasteiger partial charge in [-0.25, -0.2) is 14.4 Å². The zero-order chi connectivity index (χ0) is 25.2. The number of benzene rings is 2. The lowest BCUT2D eigenvalue weighted by Crippen LogP contribution is -2.40. The second-order valence-corrected chi connectivity index (χ2v) is 9.02. The van der Waals surface area contributed by atoms with Gasteiger partial charge in [0.25, 0.3) is 0 Å². The molecule has 0 saturated carbocycles. The number of carbonyl (C=O) groups is 1. The fourth-order valence-electron chi connectivity index (χ4n) is 4.67. The lowest BCUT2D eigenvalue weighted by molar-refractivity contribution is -0.137. The monoisotopic (exact) mass is 486 g/mol. The van der Waals surface area contributed by atoms with Crippen molar-refractivity contribution >= 4 is 11.7 Å². The molecule has 1 saturated heterocycles. The summed E-state index contributed by atoms with van der Waals surface area (Å²) in [4.78, 5) is 21.2. The highest BCUT2D eigenvalue weighted by Crippen LogP contribution is 2.42. The predicted molar refractivity (Wildman–Crippen MR) is 124 cm³/mol. The van der Waals surface area contributed by atoms with Crippen LogP contribution in [-0.4, -0.2) is 22.4 Å². The van der Waals surface area contributed by atoms with Crippen LogP contribution in [0.4, 0.5) is 23.4 Å². The molecule has 1 aromatic heterocycles. The van der Waals surface area contributed by atoms with Crippen LogP contribution in [0.5, 0.6) is 0 Å². The minimum Gasteiger partial charge on any atom is -0.369 e. The van der Waals surface area contributed by atoms with Gasteiger partial charge < -0.3 is 10.6 Å². The van der Waals surface area contributed by atoms with Gasteiger partial charge in [-0.2, -0.15) is 13.2 Å². The number of amides is 1. The average Bonchev–Trinajstić information content (AvgIpc) is 3.21. The van der Waals surface area contributed by atoms with Crippen molar-refractivity contribution in [3.05, 3.63) is 88.6 Å². The summed E-state index contributed by atoms with van der Waals surface area (Å²) in [7, 11) is 0. The number of aromatic nitrogens is 2. The van der Waals surface area contributed by atoms with Gasteiger partial charge in [-0.15, -0.1) is 0 Å². The van der Waals surface area contributed by atoms with Crippen LogP contribution in [0, 0.1) is 5.82 Å². The van der Waals surface area contributed by atoms with E-state index >= 15 is 4.39 Å². The normalized spacial score (nSPS) is 18.1. The number of nitrogens with zero attached hydrogens (tertiary/aromatic N) is 3. The highest BCUT2D eigenvalue weighted by molar-refractivity contribution is 5.76. The van der Waals surface area contributed by atoms with Crippen molar-refractivity contribution in [1.29, 1.82) is 0 Å². The van der Waals surface area contributed by atoms with Crippen LogP contribution < -0.4 is 10.6 Å². The lowest BCUT2D eigenvalue weighted by atomic mass is 9.88. The van der Waals surface area contributed by atoms with Crippen LogP contribution in [0.3, 0.4) is 0 Å². The molecule has 184 valence electrons. The molecule has 35 heavy (non-hydrogen) atoms. The number of primary amides is 1. The third kappa shape index (κ3) is 5.28. The standard InChI is InChI=1S/C26H26F4N4O/c1-25(19-8-10-20(11-9-19)26(28,29)30)13-2-14-34(25)24-23(27)21(32-16-33-24)12-7-17-3-5-18(6-4-17)15-22(31)35/h3-6,8-11,16H,2,7,12-15H2,1H3,(H2,31,35). The highest BCUT2D eigenvalue weighted by Gasteiger charge is 2.41. The van der Waals surface area contributed by atoms with Crippen molar-refractivity contribution in [1.82, 2.24) is 9.97 Å². The Balaban J connectivity index is 1.53. The fourth-order valence-corrected chi connectivity index (χ4v) is 4.67. The molecule has 3 aromatic rings. The summed E-state index contributed by atoms with van der Waals surface area (Å²) in [6, 6.07) is 12.4. The number of hydrogen-bond donors (Lipinski definition) is 1. The topological polar surface area (TPSA) is 72.1 Å². The van der Waals surface area contributed by atoms with Crippen molar-refractivity contribution < 1.29 is 22.4 Å². The third-order valence-corrected chi connectivity index (χ3v) is 6.63. The molecule has 2 aromatic carbocycles. The van der Waals surface area contributed by atoms with Crippen LogP contribution in [0.2, 0.25) is 0 Å². The van der Waals surface area contributed by atoms with Crippen molar-refractivity contribution in [3.8, 4) is 0 Å². The van der Waals surface area contributed by atoms with E-state index in [2.05, 4.69) is 9.97 Å². The molecule has 4 rings (SSSR count). The molecule has 0 bridgehead atoms. The fraction of sp³-hybridized carbons (Fsp3) is 0.346. The first kappa shape index (κ1) is 24.6. The molecule has 1 aliphatic rings. The molecule has 0 radical (unpaired) electrons. The quantitative estimate of drug-likeness (QED) is 0.479. The predicted octanol–water partition coefficient (Wildman–Crippen LogP) is 4.96. The Morgan fingerprint density at radius 1 is 1.03 bits per heavy atom. The van der Waals surface area contributed by atoms with E-state index in [9.17, 15) is 18.0 Å². The first-order valence-corrected chi connectivity index (χ1v) is 11.4. The largest absolute Gasteiger partial charge is 0.416 e. The highest BCUT2D eigenvalue weighted by atomic mass is 19.4. The van der Waals surface area contributed by atoms with E-state index in [-0.39, 0.29) is 17.9 Å². The third-order valence-electron chi connectivity index (χ3n) is 6.63. The lowest BCUT2D eigenvalue weighted by Gasteiger charge is -2.37. The number of nitrogens with two attached hydrogens (primary N) is 1. The van der Waals surface area contributed by atoms with E-state index in [0.717, 1.165) is 29.7 Å². The van der Waals surface area contributed by atoms with Crippen molar-refractivity contribution in [2.24, 2.45) is 5.73 Å². The summed E-state index contributed by atoms with van der Waals surface area (Å²) >= 11 is 0. The van der Waals surface area contributed by atoms with E-state index in [1.165, 1.54) is 18.5 Å². The first-order chi connectivity index (χ1) is 16.6. The van der Waals surface area contributed by atoms with Gasteiger partial charge in [0, 0.05) is 6.54 Å². The minimum atomic E-state index is -4.41. The van der Waals surface area contributed by atoms with Gasteiger partial charge in [0.2, 0.25) is 5.91 Å². The van der Waals surface area contributed by atoms with E-state index in [0.29, 0.717) is 31.4 Å². The maximum atomic E-state index is 15.5. The second kappa shape index (κ2) is 9.64. The first-order valence-electron chi connectivity index (χ1n) is 11.4. The Labute approximate surface area is 201 Å². The van der Waals surface area contributed by atoms with Crippen molar-refractivity contribution in [2.45, 2.75) is 50.7 Å². The Hall–Kier alpha value is -3.49. The summed E-state index contributed by atoms with van der Waals surface area (Å²) in [5, 5.41) is 0. The molecule has 9 heteroatoms. The van der Waals surface area contributed by atoms with Gasteiger partial charge in [0.1, 0.15) is 6.33 Å². The average molecular weight is 487 g/mol. The molecule has 1 atom stereocenters. The van der Waals surface area contributed by atoms with Crippen LogP contribution >= 0.6 is 0 Å².